The van der Waals surface area contributed by atoms with Crippen molar-refractivity contribution >= 4 is 49.6 Å². The molecule has 2 heteroatoms. The quantitative estimate of drug-likeness (QED) is 0.162. The summed E-state index contributed by atoms with van der Waals surface area (Å²) in [6.07, 6.45) is 5.52. The highest BCUT2D eigenvalue weighted by Gasteiger charge is 2.66. The number of anilines is 3. The first-order valence-electron chi connectivity index (χ1n) is 23.0. The normalized spacial score (nSPS) is 21.5. The Labute approximate surface area is 368 Å². The van der Waals surface area contributed by atoms with E-state index in [1.807, 2.05) is 0 Å². The number of para-hydroxylation sites is 2. The molecule has 0 aliphatic heterocycles. The molecule has 63 heavy (non-hydrogen) atoms. The SMILES string of the molecule is c1ccc(-c2ccc(N(c3ccc(-c4ccc5c(c4)C4(c6cc(-n7c8ccccc8c8ccccc87)ccc6-5)C5CC6CC(C5)C4C6)cc3)c3cccc4ccccc34)cc2)cc1. The fraction of sp³-hybridized carbons (Fsp3) is 0.148. The fourth-order valence-electron chi connectivity index (χ4n) is 13.6. The third-order valence-corrected chi connectivity index (χ3v) is 16.0. The average molecular weight is 807 g/mol. The zero-order chi connectivity index (χ0) is 41.2. The van der Waals surface area contributed by atoms with E-state index in [0.29, 0.717) is 11.8 Å². The van der Waals surface area contributed by atoms with Gasteiger partial charge in [0.25, 0.3) is 0 Å². The van der Waals surface area contributed by atoms with E-state index in [4.69, 9.17) is 0 Å². The molecule has 15 rings (SSSR count). The second-order valence-corrected chi connectivity index (χ2v) is 18.9. The highest BCUT2D eigenvalue weighted by molar-refractivity contribution is 6.09. The second-order valence-electron chi connectivity index (χ2n) is 18.9. The molecule has 10 aromatic rings. The highest BCUT2D eigenvalue weighted by atomic mass is 15.1. The Hall–Kier alpha value is -7.16. The lowest BCUT2D eigenvalue weighted by Gasteiger charge is -2.44. The van der Waals surface area contributed by atoms with Crippen molar-refractivity contribution in [2.24, 2.45) is 23.7 Å². The molecule has 5 aliphatic carbocycles. The molecule has 5 aliphatic rings. The predicted molar refractivity (Wildman–Crippen MR) is 262 cm³/mol. The zero-order valence-corrected chi connectivity index (χ0v) is 35.2. The summed E-state index contributed by atoms with van der Waals surface area (Å²) >= 11 is 0. The molecule has 0 amide bonds. The molecule has 300 valence electrons. The van der Waals surface area contributed by atoms with Crippen LogP contribution in [0.5, 0.6) is 0 Å². The summed E-state index contributed by atoms with van der Waals surface area (Å²) in [7, 11) is 0. The van der Waals surface area contributed by atoms with Crippen molar-refractivity contribution in [3.63, 3.8) is 0 Å². The van der Waals surface area contributed by atoms with Crippen LogP contribution in [0.25, 0.3) is 71.6 Å². The first-order chi connectivity index (χ1) is 31.2. The first-order valence-corrected chi connectivity index (χ1v) is 23.0. The standard InChI is InChI=1S/C61H46N2/c1-2-11-40(12-3-1)41-21-26-47(27-22-41)62(58-20-10-14-43-13-4-5-15-50(43)58)48-28-23-42(24-29-48)44-25-31-51-52-32-30-49(63-59-18-8-6-16-53(59)54-17-7-9-19-60(54)63)38-57(52)61(56(51)37-44)46-34-39-33-45(36-46)55(61)35-39/h1-32,37-39,45-46,55H,33-36H2. The van der Waals surface area contributed by atoms with E-state index in [9.17, 15) is 0 Å². The fourth-order valence-corrected chi connectivity index (χ4v) is 13.6. The van der Waals surface area contributed by atoms with Crippen LogP contribution in [0.4, 0.5) is 17.1 Å². The summed E-state index contributed by atoms with van der Waals surface area (Å²) in [5, 5.41) is 5.12. The molecule has 4 bridgehead atoms. The van der Waals surface area contributed by atoms with E-state index < -0.39 is 0 Å². The first kappa shape index (κ1) is 35.4. The maximum Gasteiger partial charge on any atom is 0.0541 e. The van der Waals surface area contributed by atoms with Crippen LogP contribution < -0.4 is 4.90 Å². The van der Waals surface area contributed by atoms with Crippen LogP contribution in [0.1, 0.15) is 36.8 Å². The molecule has 0 saturated heterocycles. The predicted octanol–water partition coefficient (Wildman–Crippen LogP) is 16.1. The lowest BCUT2D eigenvalue weighted by atomic mass is 9.59. The second kappa shape index (κ2) is 13.4. The van der Waals surface area contributed by atoms with Crippen LogP contribution in [0.3, 0.4) is 0 Å². The molecule has 2 nitrogen and oxygen atoms in total. The Kier molecular flexibility index (Phi) is 7.55. The molecule has 9 aromatic carbocycles. The summed E-state index contributed by atoms with van der Waals surface area (Å²) in [6, 6.07) is 77.4. The number of hydrogen-bond acceptors (Lipinski definition) is 1. The molecule has 4 saturated carbocycles. The lowest BCUT2D eigenvalue weighted by molar-refractivity contribution is 0.191. The van der Waals surface area contributed by atoms with Gasteiger partial charge >= 0.3 is 0 Å². The monoisotopic (exact) mass is 806 g/mol. The molecule has 0 radical (unpaired) electrons. The third kappa shape index (κ3) is 5.07. The van der Waals surface area contributed by atoms with Gasteiger partial charge in [0.2, 0.25) is 0 Å². The Bertz CT molecular complexity index is 3370. The Morgan fingerprint density at radius 1 is 0.429 bits per heavy atom. The molecule has 4 fully saturated rings. The molecule has 0 N–H and O–H groups in total. The average Bonchev–Trinajstić information content (AvgIpc) is 4.01. The summed E-state index contributed by atoms with van der Waals surface area (Å²) in [6.45, 7) is 0. The van der Waals surface area contributed by atoms with Crippen molar-refractivity contribution in [3.8, 4) is 39.1 Å². The van der Waals surface area contributed by atoms with Crippen molar-refractivity contribution in [3.05, 3.63) is 217 Å². The van der Waals surface area contributed by atoms with Gasteiger partial charge < -0.3 is 9.47 Å². The summed E-state index contributed by atoms with van der Waals surface area (Å²) in [5.74, 6) is 3.12. The van der Waals surface area contributed by atoms with Crippen molar-refractivity contribution in [1.29, 1.82) is 0 Å². The number of aromatic nitrogens is 1. The van der Waals surface area contributed by atoms with E-state index in [0.717, 1.165) is 23.2 Å². The van der Waals surface area contributed by atoms with Gasteiger partial charge in [-0.2, -0.15) is 0 Å². The van der Waals surface area contributed by atoms with E-state index in [-0.39, 0.29) is 5.41 Å². The minimum absolute atomic E-state index is 0.0597. The van der Waals surface area contributed by atoms with E-state index >= 15 is 0 Å². The number of nitrogens with zero attached hydrogens (tertiary/aromatic N) is 2. The molecule has 5 atom stereocenters. The topological polar surface area (TPSA) is 8.17 Å². The van der Waals surface area contributed by atoms with Gasteiger partial charge in [-0.15, -0.1) is 0 Å². The molecular formula is C61H46N2. The Balaban J connectivity index is 0.885. The van der Waals surface area contributed by atoms with Crippen LogP contribution in [-0.4, -0.2) is 4.57 Å². The third-order valence-electron chi connectivity index (χ3n) is 16.0. The van der Waals surface area contributed by atoms with Crippen LogP contribution >= 0.6 is 0 Å². The smallest absolute Gasteiger partial charge is 0.0541 e. The number of hydrogen-bond donors (Lipinski definition) is 0. The summed E-state index contributed by atoms with van der Waals surface area (Å²) in [5.41, 5.74) is 18.5. The van der Waals surface area contributed by atoms with Gasteiger partial charge in [-0.25, -0.2) is 0 Å². The summed E-state index contributed by atoms with van der Waals surface area (Å²) in [4.78, 5) is 2.43. The molecule has 1 heterocycles. The molecule has 1 aromatic heterocycles. The Morgan fingerprint density at radius 2 is 1.00 bits per heavy atom. The van der Waals surface area contributed by atoms with Crippen molar-refractivity contribution in [2.45, 2.75) is 31.1 Å². The van der Waals surface area contributed by atoms with Crippen molar-refractivity contribution in [1.82, 2.24) is 4.57 Å². The van der Waals surface area contributed by atoms with Gasteiger partial charge in [0.05, 0.1) is 16.7 Å². The van der Waals surface area contributed by atoms with Crippen LogP contribution in [-0.2, 0) is 5.41 Å². The van der Waals surface area contributed by atoms with Crippen LogP contribution in [0.15, 0.2) is 206 Å². The van der Waals surface area contributed by atoms with Gasteiger partial charge in [-0.1, -0.05) is 146 Å². The number of fused-ring (bicyclic) bond motifs is 7. The van der Waals surface area contributed by atoms with E-state index in [2.05, 4.69) is 216 Å². The molecular weight excluding hydrogens is 761 g/mol. The highest BCUT2D eigenvalue weighted by Crippen LogP contribution is 2.73. The van der Waals surface area contributed by atoms with Gasteiger partial charge in [-0.05, 0) is 160 Å². The number of benzene rings is 9. The largest absolute Gasteiger partial charge is 0.310 e. The minimum Gasteiger partial charge on any atom is -0.310 e. The van der Waals surface area contributed by atoms with Gasteiger partial charge in [0.1, 0.15) is 0 Å². The minimum atomic E-state index is 0.0597. The maximum atomic E-state index is 2.63. The van der Waals surface area contributed by atoms with Gasteiger partial charge in [0.15, 0.2) is 0 Å². The van der Waals surface area contributed by atoms with E-state index in [1.54, 1.807) is 11.1 Å². The molecule has 5 unspecified atom stereocenters. The van der Waals surface area contributed by atoms with Crippen LogP contribution in [0.2, 0.25) is 0 Å². The van der Waals surface area contributed by atoms with Gasteiger partial charge in [0, 0.05) is 38.6 Å². The van der Waals surface area contributed by atoms with Crippen molar-refractivity contribution in [2.75, 3.05) is 4.90 Å². The van der Waals surface area contributed by atoms with Crippen LogP contribution in [0, 0.1) is 23.7 Å². The zero-order valence-electron chi connectivity index (χ0n) is 35.2. The van der Waals surface area contributed by atoms with Gasteiger partial charge in [-0.3, -0.25) is 0 Å². The lowest BCUT2D eigenvalue weighted by Crippen LogP contribution is -2.40. The van der Waals surface area contributed by atoms with E-state index in [1.165, 1.54) is 103 Å². The maximum absolute atomic E-state index is 2.63. The summed E-state index contributed by atoms with van der Waals surface area (Å²) < 4.78 is 2.53. The molecule has 1 spiro atoms. The Morgan fingerprint density at radius 3 is 1.71 bits per heavy atom. The van der Waals surface area contributed by atoms with Crippen molar-refractivity contribution < 1.29 is 0 Å². The number of rotatable bonds is 6.